The molecule has 0 aromatic carbocycles. The van der Waals surface area contributed by atoms with E-state index in [1.54, 1.807) is 5.01 Å². The van der Waals surface area contributed by atoms with Crippen molar-refractivity contribution in [2.24, 2.45) is 11.7 Å². The number of hydrogen-bond acceptors (Lipinski definition) is 10. The zero-order valence-corrected chi connectivity index (χ0v) is 19.8. The number of halogens is 2. The number of nitrogens with zero attached hydrogens (tertiary/aromatic N) is 4. The molecule has 0 spiro atoms. The van der Waals surface area contributed by atoms with Crippen molar-refractivity contribution in [2.75, 3.05) is 72.5 Å². The van der Waals surface area contributed by atoms with Crippen molar-refractivity contribution in [2.45, 2.75) is 49.3 Å². The highest BCUT2D eigenvalue weighted by molar-refractivity contribution is 5.81. The van der Waals surface area contributed by atoms with E-state index in [1.807, 2.05) is 5.06 Å². The zero-order valence-electron chi connectivity index (χ0n) is 19.8. The number of fused-ring (bicyclic) bond motifs is 1. The van der Waals surface area contributed by atoms with E-state index in [4.69, 9.17) is 10.6 Å². The molecular formula is C21H39F2N9O2. The van der Waals surface area contributed by atoms with Gasteiger partial charge in [-0.15, -0.1) is 0 Å². The zero-order chi connectivity index (χ0) is 23.8. The third kappa shape index (κ3) is 5.22. The van der Waals surface area contributed by atoms with E-state index < -0.39 is 30.5 Å². The molecule has 5 rings (SSSR count). The van der Waals surface area contributed by atoms with Crippen LogP contribution in [0.3, 0.4) is 0 Å². The number of rotatable bonds is 5. The topological polar surface area (TPSA) is 113 Å². The molecule has 7 unspecified atom stereocenters. The molecule has 0 saturated carbocycles. The lowest BCUT2D eigenvalue weighted by Crippen LogP contribution is -2.68. The van der Waals surface area contributed by atoms with Gasteiger partial charge in [0.1, 0.15) is 12.3 Å². The van der Waals surface area contributed by atoms with Crippen molar-refractivity contribution in [3.8, 4) is 0 Å². The molecule has 5 saturated heterocycles. The molecule has 0 bridgehead atoms. The standard InChI is InChI=1S/C21H39F2N9O2/c1-29-3-2-14(12-29)34-31-6-4-30(5-7-31)18-15(23)9-25-10-16(18)27-21(33)17-19(24)28-32-11-13(22)8-26-20(17)32/h13-20,25-26,28H,2-12,24H2,1H3,(H,27,33)/t13?,14-,15?,16?,17?,18?,19?,20?/m1/s1. The molecule has 11 nitrogen and oxygen atoms in total. The predicted molar refractivity (Wildman–Crippen MR) is 122 cm³/mol. The quantitative estimate of drug-likeness (QED) is 0.275. The minimum absolute atomic E-state index is 0.179. The Bertz CT molecular complexity index is 716. The SMILES string of the molecule is CN1CC[C@@H](ON2CCN(C3C(F)CNCC3NC(=O)C3C(N)NN4CC(F)CNC34)CC2)C1. The van der Waals surface area contributed by atoms with E-state index in [1.165, 1.54) is 0 Å². The molecule has 0 radical (unpaired) electrons. The first-order valence-corrected chi connectivity index (χ1v) is 12.5. The number of nitrogens with one attached hydrogen (secondary N) is 4. The summed E-state index contributed by atoms with van der Waals surface area (Å²) in [4.78, 5) is 23.8. The normalized spacial score (nSPS) is 43.2. The maximum atomic E-state index is 15.2. The van der Waals surface area contributed by atoms with Crippen molar-refractivity contribution in [3.63, 3.8) is 0 Å². The summed E-state index contributed by atoms with van der Waals surface area (Å²) in [6.45, 7) is 5.89. The fraction of sp³-hybridized carbons (Fsp3) is 0.952. The van der Waals surface area contributed by atoms with Crippen LogP contribution in [0.5, 0.6) is 0 Å². The first-order valence-electron chi connectivity index (χ1n) is 12.5. The summed E-state index contributed by atoms with van der Waals surface area (Å²) in [5.74, 6) is -0.835. The largest absolute Gasteiger partial charge is 0.350 e. The lowest BCUT2D eigenvalue weighted by Gasteiger charge is -2.46. The van der Waals surface area contributed by atoms with Crippen LogP contribution in [0.25, 0.3) is 0 Å². The second-order valence-corrected chi connectivity index (χ2v) is 10.3. The van der Waals surface area contributed by atoms with Crippen LogP contribution in [0.4, 0.5) is 8.78 Å². The Kier molecular flexibility index (Phi) is 7.63. The van der Waals surface area contributed by atoms with Crippen molar-refractivity contribution >= 4 is 5.91 Å². The highest BCUT2D eigenvalue weighted by Crippen LogP contribution is 2.24. The van der Waals surface area contributed by atoms with Gasteiger partial charge in [-0.3, -0.25) is 19.8 Å². The van der Waals surface area contributed by atoms with E-state index in [2.05, 4.69) is 38.2 Å². The first-order chi connectivity index (χ1) is 16.4. The number of hydrogen-bond donors (Lipinski definition) is 5. The van der Waals surface area contributed by atoms with Crippen LogP contribution >= 0.6 is 0 Å². The van der Waals surface area contributed by atoms with E-state index in [0.717, 1.165) is 19.5 Å². The van der Waals surface area contributed by atoms with Crippen LogP contribution in [0.1, 0.15) is 6.42 Å². The molecular weight excluding hydrogens is 448 g/mol. The van der Waals surface area contributed by atoms with Crippen molar-refractivity contribution in [3.05, 3.63) is 0 Å². The Labute approximate surface area is 199 Å². The number of piperazine rings is 1. The number of carbonyl (C=O) groups is 1. The molecule has 34 heavy (non-hydrogen) atoms. The van der Waals surface area contributed by atoms with Gasteiger partial charge in [0, 0.05) is 65.4 Å². The summed E-state index contributed by atoms with van der Waals surface area (Å²) in [6, 6.07) is -0.799. The number of carbonyl (C=O) groups excluding carboxylic acids is 1. The number of likely N-dealkylation sites (N-methyl/N-ethyl adjacent to an activating group) is 1. The Balaban J connectivity index is 1.18. The third-order valence-corrected chi connectivity index (χ3v) is 7.78. The Morgan fingerprint density at radius 1 is 1.09 bits per heavy atom. The molecule has 0 aromatic heterocycles. The summed E-state index contributed by atoms with van der Waals surface area (Å²) in [7, 11) is 2.10. The van der Waals surface area contributed by atoms with Gasteiger partial charge in [-0.1, -0.05) is 0 Å². The predicted octanol–water partition coefficient (Wildman–Crippen LogP) is -2.98. The van der Waals surface area contributed by atoms with Gasteiger partial charge in [-0.2, -0.15) is 5.06 Å². The summed E-state index contributed by atoms with van der Waals surface area (Å²) in [5, 5.41) is 12.9. The Morgan fingerprint density at radius 2 is 1.88 bits per heavy atom. The molecule has 5 fully saturated rings. The average molecular weight is 488 g/mol. The monoisotopic (exact) mass is 487 g/mol. The molecule has 5 aliphatic rings. The third-order valence-electron chi connectivity index (χ3n) is 7.78. The smallest absolute Gasteiger partial charge is 0.229 e. The highest BCUT2D eigenvalue weighted by atomic mass is 19.1. The summed E-state index contributed by atoms with van der Waals surface area (Å²) in [6.07, 6.45) is -1.87. The Hall–Kier alpha value is -1.03. The molecule has 6 N–H and O–H groups in total. The number of alkyl halides is 2. The minimum Gasteiger partial charge on any atom is -0.350 e. The molecule has 1 amide bonds. The lowest BCUT2D eigenvalue weighted by molar-refractivity contribution is -0.211. The van der Waals surface area contributed by atoms with Crippen molar-refractivity contribution in [1.82, 2.24) is 41.2 Å². The summed E-state index contributed by atoms with van der Waals surface area (Å²) in [5.41, 5.74) is 9.19. The number of likely N-dealkylation sites (tertiary alicyclic amines) is 1. The average Bonchev–Trinajstić information content (AvgIpc) is 3.35. The second-order valence-electron chi connectivity index (χ2n) is 10.3. The summed E-state index contributed by atoms with van der Waals surface area (Å²) < 4.78 is 28.9. The van der Waals surface area contributed by atoms with Crippen LogP contribution in [0, 0.1) is 5.92 Å². The Morgan fingerprint density at radius 3 is 2.62 bits per heavy atom. The van der Waals surface area contributed by atoms with Gasteiger partial charge in [0.05, 0.1) is 36.4 Å². The van der Waals surface area contributed by atoms with Gasteiger partial charge in [-0.25, -0.2) is 19.2 Å². The van der Waals surface area contributed by atoms with Gasteiger partial charge in [-0.05, 0) is 13.5 Å². The van der Waals surface area contributed by atoms with E-state index in [-0.39, 0.29) is 43.9 Å². The number of hydroxylamine groups is 2. The van der Waals surface area contributed by atoms with Gasteiger partial charge < -0.3 is 21.3 Å². The molecule has 0 aromatic rings. The molecule has 194 valence electrons. The lowest BCUT2D eigenvalue weighted by atomic mass is 9.94. The van der Waals surface area contributed by atoms with Crippen molar-refractivity contribution < 1.29 is 18.4 Å². The van der Waals surface area contributed by atoms with Crippen LogP contribution < -0.4 is 27.1 Å². The van der Waals surface area contributed by atoms with Gasteiger partial charge in [0.2, 0.25) is 5.91 Å². The van der Waals surface area contributed by atoms with Gasteiger partial charge >= 0.3 is 0 Å². The molecule has 0 aliphatic carbocycles. The fourth-order valence-corrected chi connectivity index (χ4v) is 6.05. The van der Waals surface area contributed by atoms with E-state index in [9.17, 15) is 9.18 Å². The maximum absolute atomic E-state index is 15.2. The molecule has 13 heteroatoms. The van der Waals surface area contributed by atoms with Crippen LogP contribution in [-0.4, -0.2) is 141 Å². The second kappa shape index (κ2) is 10.5. The maximum Gasteiger partial charge on any atom is 0.229 e. The van der Waals surface area contributed by atoms with Crippen LogP contribution in [0.15, 0.2) is 0 Å². The number of nitrogens with two attached hydrogens (primary N) is 1. The first kappa shape index (κ1) is 24.7. The molecule has 5 heterocycles. The minimum atomic E-state index is -1.10. The summed E-state index contributed by atoms with van der Waals surface area (Å²) >= 11 is 0. The molecule has 5 aliphatic heterocycles. The van der Waals surface area contributed by atoms with E-state index in [0.29, 0.717) is 32.7 Å². The highest BCUT2D eigenvalue weighted by Gasteiger charge is 2.48. The van der Waals surface area contributed by atoms with Crippen LogP contribution in [-0.2, 0) is 9.63 Å². The number of piperidine rings is 1. The van der Waals surface area contributed by atoms with E-state index >= 15 is 4.39 Å². The van der Waals surface area contributed by atoms with Gasteiger partial charge in [0.25, 0.3) is 0 Å². The fourth-order valence-electron chi connectivity index (χ4n) is 6.05. The van der Waals surface area contributed by atoms with Crippen molar-refractivity contribution in [1.29, 1.82) is 0 Å². The number of amides is 1. The number of hydrazine groups is 1. The van der Waals surface area contributed by atoms with Crippen LogP contribution in [0.2, 0.25) is 0 Å². The molecule has 8 atom stereocenters. The van der Waals surface area contributed by atoms with Gasteiger partial charge in [0.15, 0.2) is 0 Å².